The third kappa shape index (κ3) is 36.7. The second-order valence-corrected chi connectivity index (χ2v) is 17.5. The zero-order valence-corrected chi connectivity index (χ0v) is 41.0. The van der Waals surface area contributed by atoms with Crippen LogP contribution in [0.25, 0.3) is 0 Å². The molecule has 0 aromatic carbocycles. The van der Waals surface area contributed by atoms with Crippen LogP contribution in [0.15, 0.2) is 12.5 Å². The van der Waals surface area contributed by atoms with Crippen LogP contribution in [0.4, 0.5) is 0 Å². The number of ketones is 2. The number of H-pyrrole nitrogens is 1. The van der Waals surface area contributed by atoms with Crippen LogP contribution in [0.5, 0.6) is 0 Å². The number of nitrogens with one attached hydrogen (secondary N) is 4. The Hall–Kier alpha value is -4.30. The van der Waals surface area contributed by atoms with E-state index in [1.165, 1.54) is 83.4 Å². The van der Waals surface area contributed by atoms with Gasteiger partial charge in [0.25, 0.3) is 0 Å². The summed E-state index contributed by atoms with van der Waals surface area (Å²) < 4.78 is 21.4. The van der Waals surface area contributed by atoms with Crippen LogP contribution < -0.4 is 21.7 Å². The molecule has 19 nitrogen and oxygen atoms in total. The number of aromatic nitrogens is 2. The number of nitrogens with two attached hydrogens (primary N) is 1. The van der Waals surface area contributed by atoms with Crippen LogP contribution in [0.2, 0.25) is 0 Å². The van der Waals surface area contributed by atoms with Gasteiger partial charge in [-0.1, -0.05) is 103 Å². The zero-order chi connectivity index (χ0) is 49.9. The molecule has 0 bridgehead atoms. The summed E-state index contributed by atoms with van der Waals surface area (Å²) in [6.45, 7) is 3.88. The molecule has 0 radical (unpaired) electrons. The third-order valence-corrected chi connectivity index (χ3v) is 11.5. The fraction of sp³-hybridized carbons (Fsp3) is 0.796. The highest BCUT2D eigenvalue weighted by Gasteiger charge is 2.25. The van der Waals surface area contributed by atoms with Gasteiger partial charge in [0.2, 0.25) is 17.7 Å². The van der Waals surface area contributed by atoms with Crippen LogP contribution in [0, 0.1) is 11.8 Å². The smallest absolute Gasteiger partial charge is 0.306 e. The molecule has 68 heavy (non-hydrogen) atoms. The fourth-order valence-electron chi connectivity index (χ4n) is 7.37. The Morgan fingerprint density at radius 1 is 0.574 bits per heavy atom. The van der Waals surface area contributed by atoms with Crippen molar-refractivity contribution >= 4 is 41.2 Å². The van der Waals surface area contributed by atoms with E-state index < -0.39 is 29.8 Å². The van der Waals surface area contributed by atoms with Crippen molar-refractivity contribution in [3.63, 3.8) is 0 Å². The number of ether oxygens (including phenoxy) is 4. The van der Waals surface area contributed by atoms with E-state index in [1.807, 2.05) is 0 Å². The Kier molecular flexibility index (Phi) is 38.8. The van der Waals surface area contributed by atoms with Crippen LogP contribution in [0.3, 0.4) is 0 Å². The largest absolute Gasteiger partial charge is 0.481 e. The van der Waals surface area contributed by atoms with Gasteiger partial charge in [0.15, 0.2) is 5.78 Å². The normalized spacial score (nSPS) is 12.6. The Balaban J connectivity index is 1.93. The number of carboxylic acids is 2. The van der Waals surface area contributed by atoms with Gasteiger partial charge in [0.05, 0.1) is 63.8 Å². The summed E-state index contributed by atoms with van der Waals surface area (Å²) in [7, 11) is 0. The molecule has 1 aromatic heterocycles. The number of carboxylic acid groups (broad SMARTS) is 2. The Morgan fingerprint density at radius 2 is 1.06 bits per heavy atom. The molecule has 0 saturated heterocycles. The minimum absolute atomic E-state index is 0.00121. The molecule has 3 amide bonds. The highest BCUT2D eigenvalue weighted by Crippen LogP contribution is 2.18. The summed E-state index contributed by atoms with van der Waals surface area (Å²) in [5.74, 6) is -5.23. The van der Waals surface area contributed by atoms with Gasteiger partial charge in [0.1, 0.15) is 19.0 Å². The molecule has 1 heterocycles. The maximum atomic E-state index is 12.5. The van der Waals surface area contributed by atoms with Crippen LogP contribution in [-0.2, 0) is 58.9 Å². The number of rotatable bonds is 49. The van der Waals surface area contributed by atoms with Crippen molar-refractivity contribution in [2.75, 3.05) is 72.5 Å². The summed E-state index contributed by atoms with van der Waals surface area (Å²) in [5.41, 5.74) is 6.64. The lowest BCUT2D eigenvalue weighted by molar-refractivity contribution is -0.144. The first kappa shape index (κ1) is 61.7. The van der Waals surface area contributed by atoms with Crippen molar-refractivity contribution in [3.8, 4) is 0 Å². The summed E-state index contributed by atoms with van der Waals surface area (Å²) >= 11 is 0. The van der Waals surface area contributed by atoms with Gasteiger partial charge in [-0.2, -0.15) is 0 Å². The van der Waals surface area contributed by atoms with Gasteiger partial charge in [-0.05, 0) is 25.7 Å². The number of nitrogens with zero attached hydrogens (tertiary/aromatic N) is 1. The van der Waals surface area contributed by atoms with Crippen molar-refractivity contribution in [1.29, 1.82) is 0 Å². The molecule has 0 saturated carbocycles. The first-order chi connectivity index (χ1) is 32.9. The average Bonchev–Trinajstić information content (AvgIpc) is 3.83. The minimum Gasteiger partial charge on any atom is -0.481 e. The lowest BCUT2D eigenvalue weighted by Gasteiger charge is -2.15. The number of unbranched alkanes of at least 4 members (excludes halogenated alkanes) is 15. The maximum Gasteiger partial charge on any atom is 0.306 e. The van der Waals surface area contributed by atoms with Crippen LogP contribution in [-0.4, -0.2) is 140 Å². The molecule has 0 aliphatic rings. The molecule has 0 fully saturated rings. The molecule has 0 aliphatic carbocycles. The highest BCUT2D eigenvalue weighted by atomic mass is 16.5. The van der Waals surface area contributed by atoms with E-state index in [0.717, 1.165) is 19.3 Å². The van der Waals surface area contributed by atoms with Crippen LogP contribution in [0.1, 0.15) is 160 Å². The van der Waals surface area contributed by atoms with E-state index in [0.29, 0.717) is 31.5 Å². The van der Waals surface area contributed by atoms with E-state index in [4.69, 9.17) is 24.7 Å². The van der Waals surface area contributed by atoms with Crippen molar-refractivity contribution in [2.24, 2.45) is 17.6 Å². The number of amides is 3. The van der Waals surface area contributed by atoms with Gasteiger partial charge >= 0.3 is 11.9 Å². The molecule has 0 spiro atoms. The van der Waals surface area contributed by atoms with Gasteiger partial charge in [0, 0.05) is 63.6 Å². The van der Waals surface area contributed by atoms with Gasteiger partial charge in [-0.3, -0.25) is 33.6 Å². The predicted octanol–water partition coefficient (Wildman–Crippen LogP) is 5.23. The van der Waals surface area contributed by atoms with E-state index in [9.17, 15) is 43.8 Å². The summed E-state index contributed by atoms with van der Waals surface area (Å²) in [4.78, 5) is 91.3. The van der Waals surface area contributed by atoms with Crippen molar-refractivity contribution in [2.45, 2.75) is 167 Å². The first-order valence-electron chi connectivity index (χ1n) is 25.3. The van der Waals surface area contributed by atoms with Crippen molar-refractivity contribution in [3.05, 3.63) is 18.2 Å². The average molecular weight is 967 g/mol. The molecule has 0 aliphatic heterocycles. The zero-order valence-electron chi connectivity index (χ0n) is 41.0. The number of aromatic amines is 1. The lowest BCUT2D eigenvalue weighted by Crippen LogP contribution is -2.35. The SMILES string of the molecule is CCCCCCCCCCCCCCCCCC(=O)C[C@@H](CCC(=O)NCCOCCOCC(=O)NCCOCCOCC(=O)NCCCC[C@H](CC(=O)[C@@H](N)Cc1cnc[nH]1)C(=O)O)C(=O)O. The summed E-state index contributed by atoms with van der Waals surface area (Å²) in [5, 5.41) is 27.2. The summed E-state index contributed by atoms with van der Waals surface area (Å²) in [6.07, 6.45) is 23.5. The molecule has 0 unspecified atom stereocenters. The monoisotopic (exact) mass is 967 g/mol. The molecular formula is C49H86N6O13. The second kappa shape index (κ2) is 42.8. The molecule has 3 atom stereocenters. The van der Waals surface area contributed by atoms with Crippen LogP contribution >= 0.6 is 0 Å². The van der Waals surface area contributed by atoms with Crippen molar-refractivity contribution in [1.82, 2.24) is 25.9 Å². The third-order valence-electron chi connectivity index (χ3n) is 11.5. The van der Waals surface area contributed by atoms with Gasteiger partial charge in [-0.25, -0.2) is 4.98 Å². The standard InChI is InChI=1S/C49H86N6O13/c1-2-3-4-5-6-7-8-9-10-11-12-13-14-15-16-20-42(56)32-40(49(63)64)21-22-45(58)53-24-26-65-28-31-68-37-47(60)54-25-27-66-29-30-67-36-46(59)52-23-18-17-19-39(48(61)62)33-44(57)43(50)34-41-35-51-38-55-41/h35,38-40,43H,2-34,36-37,50H2,1H3,(H,51,55)(H,52,59)(H,53,58)(H,54,60)(H,61,62)(H,63,64)/t39-,40-,43+/m1/s1. The highest BCUT2D eigenvalue weighted by molar-refractivity contribution is 5.88. The Labute approximate surface area is 404 Å². The second-order valence-electron chi connectivity index (χ2n) is 17.5. The number of carbonyl (C=O) groups is 7. The number of aliphatic carboxylic acids is 2. The lowest BCUT2D eigenvalue weighted by atomic mass is 9.92. The van der Waals surface area contributed by atoms with Crippen molar-refractivity contribution < 1.29 is 62.7 Å². The van der Waals surface area contributed by atoms with E-state index >= 15 is 0 Å². The molecular weight excluding hydrogens is 881 g/mol. The molecule has 1 rings (SSSR count). The summed E-state index contributed by atoms with van der Waals surface area (Å²) in [6, 6.07) is -0.818. The minimum atomic E-state index is -1.06. The number of hydrogen-bond acceptors (Lipinski definition) is 13. The maximum absolute atomic E-state index is 12.5. The van der Waals surface area contributed by atoms with E-state index in [2.05, 4.69) is 32.8 Å². The number of imidazole rings is 1. The molecule has 8 N–H and O–H groups in total. The molecule has 19 heteroatoms. The Morgan fingerprint density at radius 3 is 1.57 bits per heavy atom. The molecule has 1 aromatic rings. The van der Waals surface area contributed by atoms with E-state index in [-0.39, 0.29) is 134 Å². The number of Topliss-reactive ketones (excluding diaryl/α,β-unsaturated/α-hetero) is 2. The fourth-order valence-corrected chi connectivity index (χ4v) is 7.37. The topological polar surface area (TPSA) is 288 Å². The molecule has 390 valence electrons. The Bertz CT molecular complexity index is 1500. The predicted molar refractivity (Wildman–Crippen MR) is 257 cm³/mol. The number of hydrogen-bond donors (Lipinski definition) is 7. The quantitative estimate of drug-likeness (QED) is 0.0412. The van der Waals surface area contributed by atoms with Gasteiger partial charge < -0.3 is 55.8 Å². The first-order valence-corrected chi connectivity index (χ1v) is 25.3. The van der Waals surface area contributed by atoms with Gasteiger partial charge in [-0.15, -0.1) is 0 Å². The number of carbonyl (C=O) groups excluding carboxylic acids is 5. The van der Waals surface area contributed by atoms with E-state index in [1.54, 1.807) is 6.20 Å².